The zero-order chi connectivity index (χ0) is 12.6. The molecule has 0 saturated heterocycles. The van der Waals surface area contributed by atoms with E-state index >= 15 is 0 Å². The summed E-state index contributed by atoms with van der Waals surface area (Å²) in [7, 11) is 0. The summed E-state index contributed by atoms with van der Waals surface area (Å²) in [6.07, 6.45) is -2.34. The summed E-state index contributed by atoms with van der Waals surface area (Å²) in [6, 6.07) is 5.17. The highest BCUT2D eigenvalue weighted by Gasteiger charge is 2.39. The minimum Gasteiger partial charge on any atom is -0.479 e. The Kier molecular flexibility index (Phi) is 2.72. The van der Waals surface area contributed by atoms with Crippen LogP contribution in [0.25, 0.3) is 0 Å². The molecule has 1 aromatic rings. The van der Waals surface area contributed by atoms with Crippen molar-refractivity contribution >= 4 is 12.1 Å². The Morgan fingerprint density at radius 2 is 1.76 bits per heavy atom. The highest BCUT2D eigenvalue weighted by atomic mass is 16.4. The van der Waals surface area contributed by atoms with Crippen molar-refractivity contribution in [2.75, 3.05) is 6.54 Å². The fourth-order valence-corrected chi connectivity index (χ4v) is 2.08. The quantitative estimate of drug-likeness (QED) is 0.672. The van der Waals surface area contributed by atoms with Crippen molar-refractivity contribution in [1.82, 2.24) is 4.90 Å². The van der Waals surface area contributed by atoms with E-state index in [1.807, 2.05) is 0 Å². The Labute approximate surface area is 96.7 Å². The Hall–Kier alpha value is -2.08. The minimum absolute atomic E-state index is 0.233. The van der Waals surface area contributed by atoms with Gasteiger partial charge in [0.1, 0.15) is 0 Å². The van der Waals surface area contributed by atoms with Gasteiger partial charge in [-0.05, 0) is 11.1 Å². The van der Waals surface area contributed by atoms with Crippen LogP contribution < -0.4 is 0 Å². The lowest BCUT2D eigenvalue weighted by molar-refractivity contribution is -0.144. The average molecular weight is 237 g/mol. The topological polar surface area (TPSA) is 98.1 Å². The van der Waals surface area contributed by atoms with Gasteiger partial charge >= 0.3 is 12.1 Å². The summed E-state index contributed by atoms with van der Waals surface area (Å²) < 4.78 is 0. The Morgan fingerprint density at radius 3 is 2.29 bits per heavy atom. The van der Waals surface area contributed by atoms with Crippen LogP contribution in [0.1, 0.15) is 23.3 Å². The van der Waals surface area contributed by atoms with Gasteiger partial charge in [-0.1, -0.05) is 24.3 Å². The number of carboxylic acids is 1. The van der Waals surface area contributed by atoms with Crippen LogP contribution in [0.5, 0.6) is 0 Å². The zero-order valence-corrected chi connectivity index (χ0v) is 8.78. The number of carboxylic acid groups (broad SMARTS) is 2. The summed E-state index contributed by atoms with van der Waals surface area (Å²) in [5, 5.41) is 27.8. The smallest absolute Gasteiger partial charge is 0.408 e. The van der Waals surface area contributed by atoms with Crippen molar-refractivity contribution in [3.05, 3.63) is 35.4 Å². The average Bonchev–Trinajstić information content (AvgIpc) is 2.28. The lowest BCUT2D eigenvalue weighted by Gasteiger charge is -2.35. The van der Waals surface area contributed by atoms with E-state index in [9.17, 15) is 14.7 Å². The van der Waals surface area contributed by atoms with Crippen molar-refractivity contribution in [3.8, 4) is 0 Å². The van der Waals surface area contributed by atoms with E-state index in [1.165, 1.54) is 6.07 Å². The molecule has 1 heterocycles. The van der Waals surface area contributed by atoms with Gasteiger partial charge in [0.2, 0.25) is 0 Å². The van der Waals surface area contributed by atoms with E-state index < -0.39 is 24.2 Å². The number of carbonyl (C=O) groups is 2. The van der Waals surface area contributed by atoms with Crippen molar-refractivity contribution in [3.63, 3.8) is 0 Å². The van der Waals surface area contributed by atoms with Crippen LogP contribution in [0.15, 0.2) is 24.3 Å². The van der Waals surface area contributed by atoms with E-state index in [0.29, 0.717) is 11.1 Å². The van der Waals surface area contributed by atoms with Crippen LogP contribution in [0.2, 0.25) is 0 Å². The lowest BCUT2D eigenvalue weighted by Crippen LogP contribution is -2.44. The number of fused-ring (bicyclic) bond motifs is 1. The normalized spacial score (nSPS) is 23.0. The third-order valence-electron chi connectivity index (χ3n) is 2.81. The first kappa shape index (κ1) is 11.4. The van der Waals surface area contributed by atoms with Crippen molar-refractivity contribution < 1.29 is 24.9 Å². The maximum atomic E-state index is 11.2. The molecule has 0 aliphatic carbocycles. The third-order valence-corrected chi connectivity index (χ3v) is 2.81. The standard InChI is InChI=1S/C11H11NO5/c13-8-5-12(11(16)17)9(10(14)15)7-4-2-1-3-6(7)8/h1-4,8-9,13H,5H2,(H,14,15)(H,16,17)/t8-,9+/m1/s1. The van der Waals surface area contributed by atoms with Gasteiger partial charge < -0.3 is 15.3 Å². The van der Waals surface area contributed by atoms with Gasteiger partial charge in [-0.2, -0.15) is 0 Å². The maximum Gasteiger partial charge on any atom is 0.408 e. The molecule has 0 saturated carbocycles. The largest absolute Gasteiger partial charge is 0.479 e. The molecule has 6 heteroatoms. The van der Waals surface area contributed by atoms with Gasteiger partial charge in [0.15, 0.2) is 6.04 Å². The first-order chi connectivity index (χ1) is 8.02. The molecule has 1 amide bonds. The number of amides is 1. The molecule has 2 rings (SSSR count). The molecule has 1 aliphatic rings. The Morgan fingerprint density at radius 1 is 1.18 bits per heavy atom. The number of benzene rings is 1. The van der Waals surface area contributed by atoms with Gasteiger partial charge in [0, 0.05) is 0 Å². The predicted octanol–water partition coefficient (Wildman–Crippen LogP) is 0.839. The van der Waals surface area contributed by atoms with Gasteiger partial charge in [-0.3, -0.25) is 4.90 Å². The molecular formula is C11H11NO5. The summed E-state index contributed by atoms with van der Waals surface area (Å²) in [6.45, 7) is -0.233. The summed E-state index contributed by atoms with van der Waals surface area (Å²) in [4.78, 5) is 22.9. The molecule has 0 bridgehead atoms. The fourth-order valence-electron chi connectivity index (χ4n) is 2.08. The molecule has 0 fully saturated rings. The minimum atomic E-state index is -1.36. The van der Waals surface area contributed by atoms with Crippen molar-refractivity contribution in [1.29, 1.82) is 0 Å². The van der Waals surface area contributed by atoms with Crippen LogP contribution in [-0.2, 0) is 4.79 Å². The highest BCUT2D eigenvalue weighted by Crippen LogP contribution is 2.34. The number of hydrogen-bond acceptors (Lipinski definition) is 3. The van der Waals surface area contributed by atoms with Crippen molar-refractivity contribution in [2.24, 2.45) is 0 Å². The van der Waals surface area contributed by atoms with Crippen molar-refractivity contribution in [2.45, 2.75) is 12.1 Å². The van der Waals surface area contributed by atoms with Gasteiger partial charge in [0.05, 0.1) is 12.6 Å². The molecule has 3 N–H and O–H groups in total. The number of aliphatic hydroxyl groups is 1. The SMILES string of the molecule is O=C(O)[C@@H]1c2ccccc2[C@H](O)CN1C(=O)O. The summed E-state index contributed by atoms with van der Waals surface area (Å²) in [5.41, 5.74) is 0.790. The van der Waals surface area contributed by atoms with E-state index in [0.717, 1.165) is 4.90 Å². The molecule has 2 atom stereocenters. The highest BCUT2D eigenvalue weighted by molar-refractivity contribution is 5.82. The molecule has 0 radical (unpaired) electrons. The molecule has 0 aromatic heterocycles. The van der Waals surface area contributed by atoms with E-state index in [4.69, 9.17) is 10.2 Å². The number of aliphatic hydroxyl groups excluding tert-OH is 1. The number of nitrogens with zero attached hydrogens (tertiary/aromatic N) is 1. The number of β-amino-alcohol motifs (C(OH)–C–C–N with tert-alkyl or cyclic N) is 1. The molecular weight excluding hydrogens is 226 g/mol. The lowest BCUT2D eigenvalue weighted by atomic mass is 9.91. The van der Waals surface area contributed by atoms with Crippen LogP contribution in [0.3, 0.4) is 0 Å². The molecule has 1 aliphatic heterocycles. The van der Waals surface area contributed by atoms with Gasteiger partial charge in [0.25, 0.3) is 0 Å². The third kappa shape index (κ3) is 1.83. The second-order valence-electron chi connectivity index (χ2n) is 3.82. The summed E-state index contributed by atoms with van der Waals surface area (Å²) in [5.74, 6) is -1.24. The van der Waals surface area contributed by atoms with E-state index in [-0.39, 0.29) is 6.54 Å². The Bertz CT molecular complexity index is 473. The zero-order valence-electron chi connectivity index (χ0n) is 8.78. The fraction of sp³-hybridized carbons (Fsp3) is 0.273. The van der Waals surface area contributed by atoms with E-state index in [1.54, 1.807) is 18.2 Å². The molecule has 0 unspecified atom stereocenters. The predicted molar refractivity (Wildman–Crippen MR) is 56.5 cm³/mol. The van der Waals surface area contributed by atoms with E-state index in [2.05, 4.69) is 0 Å². The monoisotopic (exact) mass is 237 g/mol. The second-order valence-corrected chi connectivity index (χ2v) is 3.82. The number of hydrogen-bond donors (Lipinski definition) is 3. The number of aliphatic carboxylic acids is 1. The maximum absolute atomic E-state index is 11.2. The number of rotatable bonds is 1. The molecule has 0 spiro atoms. The van der Waals surface area contributed by atoms with Gasteiger partial charge in [-0.25, -0.2) is 9.59 Å². The second kappa shape index (κ2) is 4.06. The first-order valence-corrected chi connectivity index (χ1v) is 5.01. The molecule has 1 aromatic carbocycles. The van der Waals surface area contributed by atoms with Crippen LogP contribution in [0.4, 0.5) is 4.79 Å². The van der Waals surface area contributed by atoms with Gasteiger partial charge in [-0.15, -0.1) is 0 Å². The Balaban J connectivity index is 2.54. The molecule has 17 heavy (non-hydrogen) atoms. The van der Waals surface area contributed by atoms with Crippen LogP contribution in [0, 0.1) is 0 Å². The van der Waals surface area contributed by atoms with Crippen LogP contribution >= 0.6 is 0 Å². The first-order valence-electron chi connectivity index (χ1n) is 5.01. The molecule has 6 nitrogen and oxygen atoms in total. The van der Waals surface area contributed by atoms with Crippen LogP contribution in [-0.4, -0.2) is 38.8 Å². The summed E-state index contributed by atoms with van der Waals surface area (Å²) >= 11 is 0. The molecule has 90 valence electrons.